The SMILES string of the molecule is CSc1ccc(C(O)c2c(OCc3ccccc3)c(=O)ccn2CCO)cc1. The highest BCUT2D eigenvalue weighted by Gasteiger charge is 2.22. The molecule has 5 nitrogen and oxygen atoms in total. The summed E-state index contributed by atoms with van der Waals surface area (Å²) in [5, 5.41) is 20.4. The summed E-state index contributed by atoms with van der Waals surface area (Å²) in [6, 6.07) is 18.4. The molecule has 0 aliphatic heterocycles. The van der Waals surface area contributed by atoms with Crippen molar-refractivity contribution in [1.29, 1.82) is 0 Å². The van der Waals surface area contributed by atoms with Gasteiger partial charge < -0.3 is 19.5 Å². The highest BCUT2D eigenvalue weighted by atomic mass is 32.2. The van der Waals surface area contributed by atoms with Crippen LogP contribution in [-0.4, -0.2) is 27.6 Å². The summed E-state index contributed by atoms with van der Waals surface area (Å²) >= 11 is 1.61. The first kappa shape index (κ1) is 20.2. The van der Waals surface area contributed by atoms with Gasteiger partial charge in [0, 0.05) is 23.7 Å². The molecule has 1 heterocycles. The molecule has 0 saturated heterocycles. The lowest BCUT2D eigenvalue weighted by molar-refractivity contribution is 0.190. The van der Waals surface area contributed by atoms with E-state index in [1.165, 1.54) is 6.07 Å². The predicted molar refractivity (Wildman–Crippen MR) is 111 cm³/mol. The first-order valence-corrected chi connectivity index (χ1v) is 10.2. The van der Waals surface area contributed by atoms with Gasteiger partial charge in [-0.25, -0.2) is 0 Å². The number of benzene rings is 2. The number of aromatic nitrogens is 1. The van der Waals surface area contributed by atoms with E-state index in [9.17, 15) is 15.0 Å². The quantitative estimate of drug-likeness (QED) is 0.571. The Labute approximate surface area is 168 Å². The molecular weight excluding hydrogens is 374 g/mol. The normalized spacial score (nSPS) is 12.0. The van der Waals surface area contributed by atoms with Gasteiger partial charge in [-0.3, -0.25) is 4.79 Å². The zero-order chi connectivity index (χ0) is 19.9. The first-order valence-electron chi connectivity index (χ1n) is 8.97. The van der Waals surface area contributed by atoms with E-state index in [1.54, 1.807) is 22.5 Å². The van der Waals surface area contributed by atoms with Crippen LogP contribution in [0.5, 0.6) is 5.75 Å². The van der Waals surface area contributed by atoms with Crippen molar-refractivity contribution in [2.75, 3.05) is 12.9 Å². The van der Waals surface area contributed by atoms with Gasteiger partial charge in [-0.15, -0.1) is 11.8 Å². The van der Waals surface area contributed by atoms with Gasteiger partial charge in [-0.2, -0.15) is 0 Å². The molecule has 0 fully saturated rings. The minimum atomic E-state index is -1.05. The van der Waals surface area contributed by atoms with Crippen LogP contribution in [0.3, 0.4) is 0 Å². The molecule has 3 aromatic rings. The van der Waals surface area contributed by atoms with Gasteiger partial charge >= 0.3 is 0 Å². The van der Waals surface area contributed by atoms with Crippen LogP contribution in [0.4, 0.5) is 0 Å². The molecule has 0 aliphatic carbocycles. The Morgan fingerprint density at radius 1 is 1.07 bits per heavy atom. The molecule has 146 valence electrons. The number of ether oxygens (including phenoxy) is 1. The molecule has 0 spiro atoms. The van der Waals surface area contributed by atoms with Crippen LogP contribution in [0.25, 0.3) is 0 Å². The fourth-order valence-corrected chi connectivity index (χ4v) is 3.38. The Hall–Kier alpha value is -2.54. The third-order valence-electron chi connectivity index (χ3n) is 4.43. The van der Waals surface area contributed by atoms with Crippen LogP contribution < -0.4 is 10.2 Å². The molecule has 2 aromatic carbocycles. The number of hydrogen-bond acceptors (Lipinski definition) is 5. The number of aliphatic hydroxyl groups is 2. The van der Waals surface area contributed by atoms with E-state index < -0.39 is 6.10 Å². The number of thioether (sulfide) groups is 1. The summed E-state index contributed by atoms with van der Waals surface area (Å²) in [6.07, 6.45) is 2.50. The summed E-state index contributed by atoms with van der Waals surface area (Å²) in [7, 11) is 0. The minimum absolute atomic E-state index is 0.0984. The van der Waals surface area contributed by atoms with Crippen LogP contribution in [0.1, 0.15) is 22.9 Å². The Bertz CT molecular complexity index is 955. The van der Waals surface area contributed by atoms with Crippen molar-refractivity contribution in [3.05, 3.63) is 93.9 Å². The molecule has 6 heteroatoms. The molecule has 2 N–H and O–H groups in total. The van der Waals surface area contributed by atoms with E-state index in [0.717, 1.165) is 10.5 Å². The Kier molecular flexibility index (Phi) is 6.92. The molecule has 28 heavy (non-hydrogen) atoms. The van der Waals surface area contributed by atoms with E-state index in [-0.39, 0.29) is 30.9 Å². The van der Waals surface area contributed by atoms with Crippen LogP contribution in [-0.2, 0) is 13.2 Å². The molecule has 0 bridgehead atoms. The van der Waals surface area contributed by atoms with Gasteiger partial charge in [0.15, 0.2) is 5.75 Å². The van der Waals surface area contributed by atoms with Crippen molar-refractivity contribution in [3.8, 4) is 5.75 Å². The van der Waals surface area contributed by atoms with Crippen molar-refractivity contribution in [1.82, 2.24) is 4.57 Å². The Morgan fingerprint density at radius 2 is 1.79 bits per heavy atom. The smallest absolute Gasteiger partial charge is 0.223 e. The molecule has 1 aromatic heterocycles. The minimum Gasteiger partial charge on any atom is -0.483 e. The average Bonchev–Trinajstić information content (AvgIpc) is 2.74. The summed E-state index contributed by atoms with van der Waals surface area (Å²) in [5.41, 5.74) is 1.61. The first-order chi connectivity index (χ1) is 13.6. The van der Waals surface area contributed by atoms with Crippen molar-refractivity contribution < 1.29 is 14.9 Å². The summed E-state index contributed by atoms with van der Waals surface area (Å²) in [4.78, 5) is 13.6. The monoisotopic (exact) mass is 397 g/mol. The average molecular weight is 397 g/mol. The van der Waals surface area contributed by atoms with Crippen molar-refractivity contribution in [2.45, 2.75) is 24.2 Å². The highest BCUT2D eigenvalue weighted by molar-refractivity contribution is 7.98. The molecular formula is C22H23NO4S. The van der Waals surface area contributed by atoms with E-state index in [4.69, 9.17) is 4.74 Å². The number of nitrogens with zero attached hydrogens (tertiary/aromatic N) is 1. The van der Waals surface area contributed by atoms with Gasteiger partial charge in [0.2, 0.25) is 5.43 Å². The number of pyridine rings is 1. The lowest BCUT2D eigenvalue weighted by Gasteiger charge is -2.21. The number of aliphatic hydroxyl groups excluding tert-OH is 2. The standard InChI is InChI=1S/C22H23NO4S/c1-28-18-9-7-17(8-10-18)21(26)20-22(19(25)11-12-23(20)13-14-24)27-15-16-5-3-2-4-6-16/h2-12,21,24,26H,13-15H2,1H3. The van der Waals surface area contributed by atoms with Crippen molar-refractivity contribution >= 4 is 11.8 Å². The fraction of sp³-hybridized carbons (Fsp3) is 0.227. The van der Waals surface area contributed by atoms with Gasteiger partial charge in [0.05, 0.1) is 12.3 Å². The second-order valence-electron chi connectivity index (χ2n) is 6.26. The van der Waals surface area contributed by atoms with E-state index in [1.807, 2.05) is 60.9 Å². The molecule has 0 aliphatic rings. The maximum absolute atomic E-state index is 12.5. The zero-order valence-corrected chi connectivity index (χ0v) is 16.4. The van der Waals surface area contributed by atoms with Gasteiger partial charge in [-0.05, 0) is 29.5 Å². The second kappa shape index (κ2) is 9.59. The fourth-order valence-electron chi connectivity index (χ4n) is 2.97. The third kappa shape index (κ3) is 4.65. The lowest BCUT2D eigenvalue weighted by Crippen LogP contribution is -2.21. The van der Waals surface area contributed by atoms with E-state index in [0.29, 0.717) is 11.3 Å². The molecule has 0 amide bonds. The summed E-state index contributed by atoms with van der Waals surface area (Å²) < 4.78 is 7.51. The summed E-state index contributed by atoms with van der Waals surface area (Å²) in [6.45, 7) is 0.341. The Morgan fingerprint density at radius 3 is 2.43 bits per heavy atom. The summed E-state index contributed by atoms with van der Waals surface area (Å²) in [5.74, 6) is 0.0984. The molecule has 0 saturated carbocycles. The van der Waals surface area contributed by atoms with Crippen LogP contribution in [0.2, 0.25) is 0 Å². The predicted octanol–water partition coefficient (Wildman–Crippen LogP) is 3.22. The van der Waals surface area contributed by atoms with Crippen LogP contribution >= 0.6 is 11.8 Å². The van der Waals surface area contributed by atoms with Crippen molar-refractivity contribution in [2.24, 2.45) is 0 Å². The van der Waals surface area contributed by atoms with Gasteiger partial charge in [0.1, 0.15) is 12.7 Å². The zero-order valence-electron chi connectivity index (χ0n) is 15.6. The van der Waals surface area contributed by atoms with Gasteiger partial charge in [-0.1, -0.05) is 42.5 Å². The van der Waals surface area contributed by atoms with Crippen LogP contribution in [0.15, 0.2) is 76.6 Å². The molecule has 1 atom stereocenters. The molecule has 1 unspecified atom stereocenters. The third-order valence-corrected chi connectivity index (χ3v) is 5.17. The second-order valence-corrected chi connectivity index (χ2v) is 7.14. The van der Waals surface area contributed by atoms with Gasteiger partial charge in [0.25, 0.3) is 0 Å². The highest BCUT2D eigenvalue weighted by Crippen LogP contribution is 2.29. The number of hydrogen-bond donors (Lipinski definition) is 2. The maximum Gasteiger partial charge on any atom is 0.223 e. The molecule has 3 rings (SSSR count). The van der Waals surface area contributed by atoms with Crippen molar-refractivity contribution in [3.63, 3.8) is 0 Å². The number of rotatable bonds is 8. The lowest BCUT2D eigenvalue weighted by atomic mass is 10.0. The van der Waals surface area contributed by atoms with E-state index >= 15 is 0 Å². The Balaban J connectivity index is 2.00. The maximum atomic E-state index is 12.5. The van der Waals surface area contributed by atoms with Crippen LogP contribution in [0, 0.1) is 0 Å². The molecule has 0 radical (unpaired) electrons. The van der Waals surface area contributed by atoms with E-state index in [2.05, 4.69) is 0 Å². The topological polar surface area (TPSA) is 71.7 Å². The largest absolute Gasteiger partial charge is 0.483 e.